The maximum absolute atomic E-state index is 11.9. The lowest BCUT2D eigenvalue weighted by molar-refractivity contribution is -0.140. The molecule has 1 amide bonds. The summed E-state index contributed by atoms with van der Waals surface area (Å²) >= 11 is 9.02. The Labute approximate surface area is 124 Å². The Kier molecular flexibility index (Phi) is 6.11. The summed E-state index contributed by atoms with van der Waals surface area (Å²) in [4.78, 5) is 23.0. The van der Waals surface area contributed by atoms with Gasteiger partial charge in [0.05, 0.1) is 19.8 Å². The molecule has 1 rings (SSSR count). The highest BCUT2D eigenvalue weighted by Gasteiger charge is 2.18. The molecule has 0 aromatic heterocycles. The standard InChI is InChI=1S/C12H13BrClNO4/c1-18-10-5-7(13)3-4-8(10)11(16)15-6-9(14)12(17)19-2/h3-5,9H,6H2,1-2H3,(H,15,16). The third-order valence-electron chi connectivity index (χ3n) is 2.31. The van der Waals surface area contributed by atoms with Crippen molar-refractivity contribution in [1.82, 2.24) is 5.32 Å². The highest BCUT2D eigenvalue weighted by atomic mass is 79.9. The van der Waals surface area contributed by atoms with Crippen molar-refractivity contribution in [3.63, 3.8) is 0 Å². The topological polar surface area (TPSA) is 64.6 Å². The van der Waals surface area contributed by atoms with Gasteiger partial charge in [0.25, 0.3) is 5.91 Å². The van der Waals surface area contributed by atoms with E-state index >= 15 is 0 Å². The number of carbonyl (C=O) groups excluding carboxylic acids is 2. The molecule has 0 radical (unpaired) electrons. The Morgan fingerprint density at radius 3 is 2.68 bits per heavy atom. The molecule has 0 saturated carbocycles. The lowest BCUT2D eigenvalue weighted by Gasteiger charge is -2.11. The van der Waals surface area contributed by atoms with Crippen molar-refractivity contribution in [3.05, 3.63) is 28.2 Å². The molecule has 19 heavy (non-hydrogen) atoms. The van der Waals surface area contributed by atoms with E-state index in [1.807, 2.05) is 0 Å². The van der Waals surface area contributed by atoms with Gasteiger partial charge < -0.3 is 14.8 Å². The second kappa shape index (κ2) is 7.35. The number of alkyl halides is 1. The van der Waals surface area contributed by atoms with Crippen molar-refractivity contribution in [2.75, 3.05) is 20.8 Å². The van der Waals surface area contributed by atoms with Crippen LogP contribution < -0.4 is 10.1 Å². The van der Waals surface area contributed by atoms with Crippen LogP contribution in [0.1, 0.15) is 10.4 Å². The molecule has 5 nitrogen and oxygen atoms in total. The number of nitrogens with one attached hydrogen (secondary N) is 1. The molecule has 0 fully saturated rings. The minimum Gasteiger partial charge on any atom is -0.496 e. The van der Waals surface area contributed by atoms with Gasteiger partial charge in [-0.2, -0.15) is 0 Å². The quantitative estimate of drug-likeness (QED) is 0.651. The number of rotatable bonds is 5. The molecule has 1 aromatic carbocycles. The Morgan fingerprint density at radius 1 is 1.42 bits per heavy atom. The zero-order valence-corrected chi connectivity index (χ0v) is 12.7. The fraction of sp³-hybridized carbons (Fsp3) is 0.333. The summed E-state index contributed by atoms with van der Waals surface area (Å²) in [7, 11) is 2.70. The van der Waals surface area contributed by atoms with Crippen molar-refractivity contribution >= 4 is 39.4 Å². The predicted molar refractivity (Wildman–Crippen MR) is 74.7 cm³/mol. The highest BCUT2D eigenvalue weighted by molar-refractivity contribution is 9.10. The van der Waals surface area contributed by atoms with E-state index in [2.05, 4.69) is 26.0 Å². The molecule has 0 spiro atoms. The van der Waals surface area contributed by atoms with Crippen molar-refractivity contribution < 1.29 is 19.1 Å². The Balaban J connectivity index is 2.71. The van der Waals surface area contributed by atoms with Crippen molar-refractivity contribution in [2.45, 2.75) is 5.38 Å². The molecule has 1 unspecified atom stereocenters. The maximum Gasteiger partial charge on any atom is 0.325 e. The van der Waals surface area contributed by atoms with Gasteiger partial charge in [-0.3, -0.25) is 9.59 Å². The minimum absolute atomic E-state index is 0.0215. The number of benzene rings is 1. The number of esters is 1. The van der Waals surface area contributed by atoms with Gasteiger partial charge in [0, 0.05) is 11.0 Å². The Morgan fingerprint density at radius 2 is 2.11 bits per heavy atom. The van der Waals surface area contributed by atoms with E-state index in [0.717, 1.165) is 4.47 Å². The highest BCUT2D eigenvalue weighted by Crippen LogP contribution is 2.23. The number of hydrogen-bond donors (Lipinski definition) is 1. The van der Waals surface area contributed by atoms with Gasteiger partial charge in [0.1, 0.15) is 11.1 Å². The Bertz CT molecular complexity index is 481. The third kappa shape index (κ3) is 4.40. The SMILES string of the molecule is COC(=O)C(Cl)CNC(=O)c1ccc(Br)cc1OC. The van der Waals surface area contributed by atoms with Crippen molar-refractivity contribution in [1.29, 1.82) is 0 Å². The van der Waals surface area contributed by atoms with Gasteiger partial charge in [0.2, 0.25) is 0 Å². The molecule has 104 valence electrons. The molecule has 0 bridgehead atoms. The fourth-order valence-electron chi connectivity index (χ4n) is 1.34. The van der Waals surface area contributed by atoms with Gasteiger partial charge in [-0.25, -0.2) is 0 Å². The van der Waals surface area contributed by atoms with E-state index in [4.69, 9.17) is 16.3 Å². The van der Waals surface area contributed by atoms with E-state index in [0.29, 0.717) is 11.3 Å². The average molecular weight is 351 g/mol. The van der Waals surface area contributed by atoms with E-state index in [9.17, 15) is 9.59 Å². The summed E-state index contributed by atoms with van der Waals surface area (Å²) in [5, 5.41) is 1.62. The zero-order valence-electron chi connectivity index (χ0n) is 10.4. The van der Waals surface area contributed by atoms with Crippen LogP contribution in [0.5, 0.6) is 5.75 Å². The number of amides is 1. The van der Waals surface area contributed by atoms with Crippen LogP contribution >= 0.6 is 27.5 Å². The lowest BCUT2D eigenvalue weighted by atomic mass is 10.2. The molecule has 1 N–H and O–H groups in total. The van der Waals surface area contributed by atoms with E-state index in [1.54, 1.807) is 18.2 Å². The molecule has 0 saturated heterocycles. The van der Waals surface area contributed by atoms with Gasteiger partial charge in [0.15, 0.2) is 0 Å². The first-order valence-corrected chi connectivity index (χ1v) is 6.56. The first kappa shape index (κ1) is 15.8. The molecule has 7 heteroatoms. The molecule has 0 aliphatic heterocycles. The summed E-state index contributed by atoms with van der Waals surface area (Å²) < 4.78 is 10.4. The first-order valence-electron chi connectivity index (χ1n) is 5.33. The van der Waals surface area contributed by atoms with Gasteiger partial charge in [-0.05, 0) is 18.2 Å². The van der Waals surface area contributed by atoms with Crippen LogP contribution in [0.2, 0.25) is 0 Å². The van der Waals surface area contributed by atoms with Crippen LogP contribution in [0.3, 0.4) is 0 Å². The van der Waals surface area contributed by atoms with Crippen LogP contribution in [-0.4, -0.2) is 38.0 Å². The molecule has 0 heterocycles. The van der Waals surface area contributed by atoms with Crippen LogP contribution in [0, 0.1) is 0 Å². The second-order valence-electron chi connectivity index (χ2n) is 3.55. The lowest BCUT2D eigenvalue weighted by Crippen LogP contribution is -2.34. The summed E-state index contributed by atoms with van der Waals surface area (Å²) in [5.41, 5.74) is 0.361. The molecular formula is C12H13BrClNO4. The van der Waals surface area contributed by atoms with Crippen LogP contribution in [0.15, 0.2) is 22.7 Å². The normalized spacial score (nSPS) is 11.6. The minimum atomic E-state index is -0.921. The van der Waals surface area contributed by atoms with Crippen molar-refractivity contribution in [3.8, 4) is 5.75 Å². The van der Waals surface area contributed by atoms with Gasteiger partial charge in [-0.15, -0.1) is 11.6 Å². The van der Waals surface area contributed by atoms with Gasteiger partial charge >= 0.3 is 5.97 Å². The first-order chi connectivity index (χ1) is 8.99. The molecule has 0 aliphatic carbocycles. The smallest absolute Gasteiger partial charge is 0.325 e. The summed E-state index contributed by atoms with van der Waals surface area (Å²) in [6.45, 7) is -0.0215. The number of halogens is 2. The summed E-state index contributed by atoms with van der Waals surface area (Å²) in [6, 6.07) is 5.00. The van der Waals surface area contributed by atoms with E-state index in [-0.39, 0.29) is 12.5 Å². The number of methoxy groups -OCH3 is 2. The van der Waals surface area contributed by atoms with E-state index < -0.39 is 11.3 Å². The fourth-order valence-corrected chi connectivity index (χ4v) is 1.85. The summed E-state index contributed by atoms with van der Waals surface area (Å²) in [5.74, 6) is -0.542. The average Bonchev–Trinajstić information content (AvgIpc) is 2.43. The van der Waals surface area contributed by atoms with Crippen LogP contribution in [0.25, 0.3) is 0 Å². The molecular weight excluding hydrogens is 337 g/mol. The zero-order chi connectivity index (χ0) is 14.4. The third-order valence-corrected chi connectivity index (χ3v) is 3.13. The van der Waals surface area contributed by atoms with E-state index in [1.165, 1.54) is 14.2 Å². The number of hydrogen-bond acceptors (Lipinski definition) is 4. The molecule has 1 aromatic rings. The predicted octanol–water partition coefficient (Wildman–Crippen LogP) is 1.97. The van der Waals surface area contributed by atoms with Crippen LogP contribution in [-0.2, 0) is 9.53 Å². The second-order valence-corrected chi connectivity index (χ2v) is 4.99. The summed E-state index contributed by atoms with van der Waals surface area (Å²) in [6.07, 6.45) is 0. The maximum atomic E-state index is 11.9. The van der Waals surface area contributed by atoms with Crippen molar-refractivity contribution in [2.24, 2.45) is 0 Å². The number of carbonyl (C=O) groups is 2. The molecule has 0 aliphatic rings. The largest absolute Gasteiger partial charge is 0.496 e. The van der Waals surface area contributed by atoms with Crippen LogP contribution in [0.4, 0.5) is 0 Å². The molecule has 1 atom stereocenters. The number of ether oxygens (including phenoxy) is 2. The monoisotopic (exact) mass is 349 g/mol. The van der Waals surface area contributed by atoms with Gasteiger partial charge in [-0.1, -0.05) is 15.9 Å². The Hall–Kier alpha value is -1.27.